The smallest absolute Gasteiger partial charge is 0.265 e. The largest absolute Gasteiger partial charge is 0.361 e. The molecule has 1 unspecified atom stereocenters. The molecular weight excluding hydrogens is 254 g/mol. The fraction of sp³-hybridized carbons (Fsp3) is 0.455. The highest BCUT2D eigenvalue weighted by Crippen LogP contribution is 2.08. The van der Waals surface area contributed by atoms with E-state index in [0.717, 1.165) is 0 Å². The van der Waals surface area contributed by atoms with E-state index < -0.39 is 6.35 Å². The summed E-state index contributed by atoms with van der Waals surface area (Å²) in [5.74, 6) is -0.173. The Hall–Kier alpha value is -1.31. The molecule has 1 aliphatic heterocycles. The molecule has 1 saturated heterocycles. The summed E-state index contributed by atoms with van der Waals surface area (Å²) in [6.07, 6.45) is 2.83. The molecular formula is C11H15N3O3S. The van der Waals surface area contributed by atoms with Crippen LogP contribution in [0.1, 0.15) is 12.0 Å². The summed E-state index contributed by atoms with van der Waals surface area (Å²) in [7, 11) is 0. The van der Waals surface area contributed by atoms with Gasteiger partial charge in [0, 0.05) is 37.5 Å². The number of aliphatic hydroxyl groups is 1. The zero-order valence-corrected chi connectivity index (χ0v) is 10.8. The Bertz CT molecular complexity index is 503. The summed E-state index contributed by atoms with van der Waals surface area (Å²) in [5, 5.41) is 12.1. The van der Waals surface area contributed by atoms with Gasteiger partial charge >= 0.3 is 0 Å². The van der Waals surface area contributed by atoms with Gasteiger partial charge in [-0.05, 0) is 18.0 Å². The zero-order chi connectivity index (χ0) is 13.1. The van der Waals surface area contributed by atoms with Gasteiger partial charge in [-0.25, -0.2) is 0 Å². The normalized spacial score (nSPS) is 20.8. The fourth-order valence-corrected chi connectivity index (χ4v) is 2.32. The molecule has 0 aliphatic carbocycles. The summed E-state index contributed by atoms with van der Waals surface area (Å²) in [6.45, 7) is 0.766. The minimum absolute atomic E-state index is 0.0888. The molecule has 1 aromatic rings. The lowest BCUT2D eigenvalue weighted by Crippen LogP contribution is -2.53. The van der Waals surface area contributed by atoms with Crippen LogP contribution in [0.4, 0.5) is 0 Å². The van der Waals surface area contributed by atoms with Crippen LogP contribution in [-0.2, 0) is 11.3 Å². The van der Waals surface area contributed by atoms with Gasteiger partial charge in [-0.15, -0.1) is 0 Å². The molecule has 98 valence electrons. The van der Waals surface area contributed by atoms with Crippen molar-refractivity contribution in [3.63, 3.8) is 0 Å². The van der Waals surface area contributed by atoms with Crippen molar-refractivity contribution in [1.29, 1.82) is 0 Å². The molecule has 1 amide bonds. The minimum Gasteiger partial charge on any atom is -0.361 e. The Kier molecular flexibility index (Phi) is 4.05. The number of hydrogen-bond donors (Lipinski definition) is 2. The van der Waals surface area contributed by atoms with Crippen molar-refractivity contribution in [3.05, 3.63) is 34.2 Å². The number of carbonyl (C=O) groups excluding carboxylic acids is 1. The average Bonchev–Trinajstić information content (AvgIpc) is 2.35. The molecule has 1 aliphatic rings. The number of nitrogens with one attached hydrogen (secondary N) is 1. The highest BCUT2D eigenvalue weighted by atomic mass is 32.2. The number of hydrogen-bond acceptors (Lipinski definition) is 5. The van der Waals surface area contributed by atoms with E-state index in [-0.39, 0.29) is 11.5 Å². The van der Waals surface area contributed by atoms with Crippen LogP contribution in [0, 0.1) is 0 Å². The second kappa shape index (κ2) is 5.55. The highest BCUT2D eigenvalue weighted by Gasteiger charge is 2.24. The van der Waals surface area contributed by atoms with Crippen LogP contribution in [0.15, 0.2) is 23.1 Å². The Morgan fingerprint density at radius 3 is 3.00 bits per heavy atom. The molecule has 0 spiro atoms. The van der Waals surface area contributed by atoms with Gasteiger partial charge in [0.15, 0.2) is 6.35 Å². The topological polar surface area (TPSA) is 74.6 Å². The van der Waals surface area contributed by atoms with E-state index in [0.29, 0.717) is 25.1 Å². The summed E-state index contributed by atoms with van der Waals surface area (Å²) in [6, 6.07) is 3.53. The maximum Gasteiger partial charge on any atom is 0.265 e. The van der Waals surface area contributed by atoms with Gasteiger partial charge in [0.25, 0.3) is 5.56 Å². The Morgan fingerprint density at radius 2 is 2.33 bits per heavy atom. The molecule has 1 fully saturated rings. The number of pyridine rings is 1. The Morgan fingerprint density at radius 1 is 1.56 bits per heavy atom. The standard InChI is InChI=1S/C11H15N3O3S/c1-18-14-5-2-3-8(10(14)16)7-13-6-4-9(15)12-11(13)17/h2-3,5,11,17H,4,6-7H2,1H3,(H,12,15). The number of amides is 1. The van der Waals surface area contributed by atoms with Crippen molar-refractivity contribution in [2.75, 3.05) is 12.8 Å². The van der Waals surface area contributed by atoms with E-state index in [1.165, 1.54) is 15.9 Å². The van der Waals surface area contributed by atoms with Gasteiger partial charge in [-0.1, -0.05) is 6.07 Å². The molecule has 1 atom stereocenters. The van der Waals surface area contributed by atoms with Gasteiger partial charge in [-0.3, -0.25) is 18.5 Å². The van der Waals surface area contributed by atoms with E-state index in [1.54, 1.807) is 23.2 Å². The molecule has 2 heterocycles. The average molecular weight is 269 g/mol. The minimum atomic E-state index is -1.02. The van der Waals surface area contributed by atoms with Gasteiger partial charge in [0.2, 0.25) is 5.91 Å². The summed E-state index contributed by atoms with van der Waals surface area (Å²) >= 11 is 1.33. The number of carbonyl (C=O) groups is 1. The summed E-state index contributed by atoms with van der Waals surface area (Å²) < 4.78 is 1.53. The molecule has 2 rings (SSSR count). The summed E-state index contributed by atoms with van der Waals surface area (Å²) in [5.41, 5.74) is 0.510. The molecule has 1 aromatic heterocycles. The molecule has 6 nitrogen and oxygen atoms in total. The van der Waals surface area contributed by atoms with Crippen LogP contribution in [0.2, 0.25) is 0 Å². The maximum absolute atomic E-state index is 12.0. The lowest BCUT2D eigenvalue weighted by Gasteiger charge is -2.31. The zero-order valence-electron chi connectivity index (χ0n) is 10.00. The van der Waals surface area contributed by atoms with Crippen LogP contribution >= 0.6 is 11.9 Å². The first-order valence-corrected chi connectivity index (χ1v) is 6.76. The maximum atomic E-state index is 12.0. The van der Waals surface area contributed by atoms with E-state index in [4.69, 9.17) is 0 Å². The van der Waals surface area contributed by atoms with E-state index >= 15 is 0 Å². The molecule has 7 heteroatoms. The van der Waals surface area contributed by atoms with E-state index in [9.17, 15) is 14.7 Å². The van der Waals surface area contributed by atoms with Crippen molar-refractivity contribution < 1.29 is 9.90 Å². The first-order chi connectivity index (χ1) is 8.61. The third-order valence-electron chi connectivity index (χ3n) is 2.83. The number of rotatable bonds is 3. The van der Waals surface area contributed by atoms with Crippen molar-refractivity contribution in [2.45, 2.75) is 19.3 Å². The third-order valence-corrected chi connectivity index (χ3v) is 3.51. The van der Waals surface area contributed by atoms with E-state index in [2.05, 4.69) is 5.32 Å². The van der Waals surface area contributed by atoms with Gasteiger partial charge in [-0.2, -0.15) is 0 Å². The SMILES string of the molecule is CSn1cccc(CN2CCC(=O)NC2O)c1=O. The molecule has 0 bridgehead atoms. The summed E-state index contributed by atoms with van der Waals surface area (Å²) in [4.78, 5) is 24.7. The molecule has 0 aromatic carbocycles. The lowest BCUT2D eigenvalue weighted by atomic mass is 10.2. The highest BCUT2D eigenvalue weighted by molar-refractivity contribution is 7.97. The quantitative estimate of drug-likeness (QED) is 0.779. The first-order valence-electron chi connectivity index (χ1n) is 5.58. The Balaban J connectivity index is 2.14. The van der Waals surface area contributed by atoms with Crippen LogP contribution in [0.3, 0.4) is 0 Å². The second-order valence-electron chi connectivity index (χ2n) is 4.01. The number of aliphatic hydroxyl groups excluding tert-OH is 1. The number of aromatic nitrogens is 1. The van der Waals surface area contributed by atoms with Crippen molar-refractivity contribution in [1.82, 2.24) is 14.2 Å². The van der Waals surface area contributed by atoms with Crippen LogP contribution in [-0.4, -0.2) is 39.0 Å². The molecule has 0 radical (unpaired) electrons. The monoisotopic (exact) mass is 269 g/mol. The van der Waals surface area contributed by atoms with Crippen LogP contribution < -0.4 is 10.9 Å². The Labute approximate surface area is 109 Å². The van der Waals surface area contributed by atoms with E-state index in [1.807, 2.05) is 6.26 Å². The molecule has 0 saturated carbocycles. The van der Waals surface area contributed by atoms with Gasteiger partial charge in [0.1, 0.15) is 0 Å². The molecule has 18 heavy (non-hydrogen) atoms. The van der Waals surface area contributed by atoms with Crippen molar-refractivity contribution in [2.24, 2.45) is 0 Å². The van der Waals surface area contributed by atoms with Crippen molar-refractivity contribution >= 4 is 17.9 Å². The fourth-order valence-electron chi connectivity index (χ4n) is 1.84. The molecule has 2 N–H and O–H groups in total. The van der Waals surface area contributed by atoms with Crippen LogP contribution in [0.5, 0.6) is 0 Å². The van der Waals surface area contributed by atoms with Gasteiger partial charge < -0.3 is 10.4 Å². The predicted octanol–water partition coefficient (Wildman–Crippen LogP) is -0.428. The number of nitrogens with zero attached hydrogens (tertiary/aromatic N) is 2. The first kappa shape index (κ1) is 13.1. The van der Waals surface area contributed by atoms with Crippen LogP contribution in [0.25, 0.3) is 0 Å². The third kappa shape index (κ3) is 2.74. The predicted molar refractivity (Wildman–Crippen MR) is 68.8 cm³/mol. The van der Waals surface area contributed by atoms with Gasteiger partial charge in [0.05, 0.1) is 0 Å². The van der Waals surface area contributed by atoms with Crippen molar-refractivity contribution in [3.8, 4) is 0 Å². The lowest BCUT2D eigenvalue weighted by molar-refractivity contribution is -0.136. The second-order valence-corrected chi connectivity index (χ2v) is 4.77.